The molecule has 0 saturated carbocycles. The van der Waals surface area contributed by atoms with Crippen LogP contribution in [0.25, 0.3) is 0 Å². The third-order valence-electron chi connectivity index (χ3n) is 2.99. The van der Waals surface area contributed by atoms with E-state index in [1.165, 1.54) is 12.1 Å². The maximum atomic E-state index is 10.7. The molecule has 20 heavy (non-hydrogen) atoms. The summed E-state index contributed by atoms with van der Waals surface area (Å²) in [4.78, 5) is 10.2. The molecular formula is C14H14ClN3O2. The summed E-state index contributed by atoms with van der Waals surface area (Å²) in [6.07, 6.45) is 0. The zero-order valence-corrected chi connectivity index (χ0v) is 11.6. The Morgan fingerprint density at radius 3 is 2.45 bits per heavy atom. The number of rotatable bonds is 4. The van der Waals surface area contributed by atoms with Crippen LogP contribution in [0, 0.1) is 10.1 Å². The van der Waals surface area contributed by atoms with Crippen molar-refractivity contribution in [2.75, 3.05) is 11.1 Å². The fourth-order valence-electron chi connectivity index (χ4n) is 1.86. The second-order valence-corrected chi connectivity index (χ2v) is 4.88. The number of nitrogens with zero attached hydrogens (tertiary/aromatic N) is 1. The largest absolute Gasteiger partial charge is 0.397 e. The maximum absolute atomic E-state index is 10.7. The van der Waals surface area contributed by atoms with Crippen LogP contribution >= 0.6 is 11.6 Å². The van der Waals surface area contributed by atoms with Gasteiger partial charge in [0.25, 0.3) is 5.69 Å². The SMILES string of the molecule is CC(Nc1ccc([N+](=O)[O-])cc1N)c1ccc(Cl)cc1. The second-order valence-electron chi connectivity index (χ2n) is 4.45. The number of nitro benzene ring substituents is 1. The molecule has 0 fully saturated rings. The van der Waals surface area contributed by atoms with Crippen molar-refractivity contribution in [2.24, 2.45) is 0 Å². The summed E-state index contributed by atoms with van der Waals surface area (Å²) in [5.41, 5.74) is 7.86. The first-order valence-electron chi connectivity index (χ1n) is 6.03. The molecule has 3 N–H and O–H groups in total. The highest BCUT2D eigenvalue weighted by atomic mass is 35.5. The average Bonchev–Trinajstić information content (AvgIpc) is 2.41. The normalized spacial score (nSPS) is 11.9. The van der Waals surface area contributed by atoms with Crippen LogP contribution in [-0.4, -0.2) is 4.92 Å². The highest BCUT2D eigenvalue weighted by molar-refractivity contribution is 6.30. The van der Waals surface area contributed by atoms with Gasteiger partial charge >= 0.3 is 0 Å². The molecule has 6 heteroatoms. The fourth-order valence-corrected chi connectivity index (χ4v) is 1.99. The number of hydrogen-bond donors (Lipinski definition) is 2. The van der Waals surface area contributed by atoms with Crippen LogP contribution in [0.2, 0.25) is 5.02 Å². The minimum absolute atomic E-state index is 0.0102. The monoisotopic (exact) mass is 291 g/mol. The van der Waals surface area contributed by atoms with Gasteiger partial charge in [-0.05, 0) is 30.7 Å². The fraction of sp³-hybridized carbons (Fsp3) is 0.143. The number of nitrogens with two attached hydrogens (primary N) is 1. The number of nitro groups is 1. The van der Waals surface area contributed by atoms with E-state index in [9.17, 15) is 10.1 Å². The van der Waals surface area contributed by atoms with Gasteiger partial charge < -0.3 is 11.1 Å². The van der Waals surface area contributed by atoms with Crippen molar-refractivity contribution in [1.29, 1.82) is 0 Å². The Hall–Kier alpha value is -2.27. The van der Waals surface area contributed by atoms with Gasteiger partial charge in [-0.3, -0.25) is 10.1 Å². The molecule has 2 aromatic carbocycles. The first-order valence-corrected chi connectivity index (χ1v) is 6.41. The Morgan fingerprint density at radius 2 is 1.90 bits per heavy atom. The number of anilines is 2. The molecule has 0 saturated heterocycles. The summed E-state index contributed by atoms with van der Waals surface area (Å²) in [6, 6.07) is 11.9. The van der Waals surface area contributed by atoms with Crippen molar-refractivity contribution < 1.29 is 4.92 Å². The number of non-ortho nitro benzene ring substituents is 1. The number of hydrogen-bond acceptors (Lipinski definition) is 4. The Morgan fingerprint density at radius 1 is 1.25 bits per heavy atom. The summed E-state index contributed by atoms with van der Waals surface area (Å²) in [7, 11) is 0. The second kappa shape index (κ2) is 5.79. The van der Waals surface area contributed by atoms with Gasteiger partial charge in [-0.2, -0.15) is 0 Å². The van der Waals surface area contributed by atoms with Gasteiger partial charge in [-0.25, -0.2) is 0 Å². The third-order valence-corrected chi connectivity index (χ3v) is 3.24. The zero-order chi connectivity index (χ0) is 14.7. The predicted molar refractivity (Wildman–Crippen MR) is 81.0 cm³/mol. The molecular weight excluding hydrogens is 278 g/mol. The van der Waals surface area contributed by atoms with Gasteiger partial charge in [-0.15, -0.1) is 0 Å². The van der Waals surface area contributed by atoms with Gasteiger partial charge in [0.2, 0.25) is 0 Å². The molecule has 0 aromatic heterocycles. The minimum Gasteiger partial charge on any atom is -0.397 e. The van der Waals surface area contributed by atoms with E-state index >= 15 is 0 Å². The molecule has 0 amide bonds. The maximum Gasteiger partial charge on any atom is 0.271 e. The molecule has 2 rings (SSSR count). The molecule has 0 bridgehead atoms. The number of nitrogen functional groups attached to an aromatic ring is 1. The van der Waals surface area contributed by atoms with Crippen molar-refractivity contribution in [3.63, 3.8) is 0 Å². The van der Waals surface area contributed by atoms with Crippen LogP contribution in [-0.2, 0) is 0 Å². The van der Waals surface area contributed by atoms with Gasteiger partial charge in [0.1, 0.15) is 0 Å². The van der Waals surface area contributed by atoms with Crippen molar-refractivity contribution in [1.82, 2.24) is 0 Å². The standard InChI is InChI=1S/C14H14ClN3O2/c1-9(10-2-4-11(15)5-3-10)17-14-7-6-12(18(19)20)8-13(14)16/h2-9,17H,16H2,1H3. The summed E-state index contributed by atoms with van der Waals surface area (Å²) in [6.45, 7) is 1.98. The first kappa shape index (κ1) is 14.1. The molecule has 0 aliphatic rings. The molecule has 104 valence electrons. The molecule has 5 nitrogen and oxygen atoms in total. The van der Waals surface area contributed by atoms with Crippen molar-refractivity contribution in [2.45, 2.75) is 13.0 Å². The number of nitrogens with one attached hydrogen (secondary N) is 1. The van der Waals surface area contributed by atoms with E-state index in [1.807, 2.05) is 31.2 Å². The molecule has 0 heterocycles. The molecule has 0 spiro atoms. The van der Waals surface area contributed by atoms with Crippen molar-refractivity contribution >= 4 is 28.7 Å². The third kappa shape index (κ3) is 3.19. The lowest BCUT2D eigenvalue weighted by Crippen LogP contribution is -2.08. The summed E-state index contributed by atoms with van der Waals surface area (Å²) in [5.74, 6) is 0. The van der Waals surface area contributed by atoms with E-state index in [0.29, 0.717) is 16.4 Å². The molecule has 0 radical (unpaired) electrons. The van der Waals surface area contributed by atoms with Crippen LogP contribution in [0.5, 0.6) is 0 Å². The van der Waals surface area contributed by atoms with E-state index in [-0.39, 0.29) is 11.7 Å². The van der Waals surface area contributed by atoms with Crippen molar-refractivity contribution in [3.8, 4) is 0 Å². The lowest BCUT2D eigenvalue weighted by Gasteiger charge is -2.17. The highest BCUT2D eigenvalue weighted by Crippen LogP contribution is 2.28. The summed E-state index contributed by atoms with van der Waals surface area (Å²) >= 11 is 5.84. The lowest BCUT2D eigenvalue weighted by molar-refractivity contribution is -0.384. The van der Waals surface area contributed by atoms with Gasteiger partial charge in [0, 0.05) is 23.2 Å². The molecule has 1 atom stereocenters. The number of benzene rings is 2. The van der Waals surface area contributed by atoms with Crippen LogP contribution < -0.4 is 11.1 Å². The average molecular weight is 292 g/mol. The Balaban J connectivity index is 2.17. The summed E-state index contributed by atoms with van der Waals surface area (Å²) in [5, 5.41) is 14.6. The van der Waals surface area contributed by atoms with E-state index in [4.69, 9.17) is 17.3 Å². The molecule has 0 aliphatic heterocycles. The predicted octanol–water partition coefficient (Wildman–Crippen LogP) is 4.00. The lowest BCUT2D eigenvalue weighted by atomic mass is 10.1. The highest BCUT2D eigenvalue weighted by Gasteiger charge is 2.11. The van der Waals surface area contributed by atoms with Crippen LogP contribution in [0.15, 0.2) is 42.5 Å². The van der Waals surface area contributed by atoms with Gasteiger partial charge in [0.15, 0.2) is 0 Å². The zero-order valence-electron chi connectivity index (χ0n) is 10.8. The van der Waals surface area contributed by atoms with Gasteiger partial charge in [0.05, 0.1) is 16.3 Å². The topological polar surface area (TPSA) is 81.2 Å². The van der Waals surface area contributed by atoms with Gasteiger partial charge in [-0.1, -0.05) is 23.7 Å². The Kier molecular flexibility index (Phi) is 4.10. The minimum atomic E-state index is -0.469. The van der Waals surface area contributed by atoms with E-state index in [2.05, 4.69) is 5.32 Å². The molecule has 1 unspecified atom stereocenters. The Bertz CT molecular complexity index is 629. The van der Waals surface area contributed by atoms with E-state index in [0.717, 1.165) is 5.56 Å². The van der Waals surface area contributed by atoms with Crippen LogP contribution in [0.3, 0.4) is 0 Å². The first-order chi connectivity index (χ1) is 9.47. The van der Waals surface area contributed by atoms with Crippen LogP contribution in [0.4, 0.5) is 17.1 Å². The molecule has 2 aromatic rings. The Labute approximate surface area is 121 Å². The molecule has 0 aliphatic carbocycles. The van der Waals surface area contributed by atoms with Crippen LogP contribution in [0.1, 0.15) is 18.5 Å². The van der Waals surface area contributed by atoms with Crippen molar-refractivity contribution in [3.05, 3.63) is 63.2 Å². The van der Waals surface area contributed by atoms with E-state index in [1.54, 1.807) is 6.07 Å². The quantitative estimate of drug-likeness (QED) is 0.507. The number of halogens is 1. The smallest absolute Gasteiger partial charge is 0.271 e. The summed E-state index contributed by atoms with van der Waals surface area (Å²) < 4.78 is 0. The van der Waals surface area contributed by atoms with E-state index < -0.39 is 4.92 Å².